The smallest absolute Gasteiger partial charge is 0.191 e. The van der Waals surface area contributed by atoms with Crippen LogP contribution in [0.1, 0.15) is 25.1 Å². The van der Waals surface area contributed by atoms with E-state index in [0.29, 0.717) is 18.3 Å². The van der Waals surface area contributed by atoms with Crippen molar-refractivity contribution in [3.63, 3.8) is 0 Å². The Morgan fingerprint density at radius 2 is 2.00 bits per heavy atom. The largest absolute Gasteiger partial charge is 0.497 e. The Hall–Kier alpha value is -1.92. The number of hydrogen-bond donors (Lipinski definition) is 3. The molecule has 0 bridgehead atoms. The Bertz CT molecular complexity index is 778. The average Bonchev–Trinajstić information content (AvgIpc) is 3.28. The number of methoxy groups -OCH3 is 1. The summed E-state index contributed by atoms with van der Waals surface area (Å²) >= 11 is 0. The first-order chi connectivity index (χ1) is 14.8. The summed E-state index contributed by atoms with van der Waals surface area (Å²) in [7, 11) is 3.40. The van der Waals surface area contributed by atoms with Crippen molar-refractivity contribution in [2.45, 2.75) is 25.8 Å². The average molecular weight is 544 g/mol. The molecule has 1 saturated heterocycles. The molecule has 9 nitrogen and oxygen atoms in total. The maximum atomic E-state index is 5.79. The van der Waals surface area contributed by atoms with Gasteiger partial charge >= 0.3 is 0 Å². The summed E-state index contributed by atoms with van der Waals surface area (Å²) in [6.45, 7) is 4.60. The summed E-state index contributed by atoms with van der Waals surface area (Å²) in [5.74, 6) is 3.57. The van der Waals surface area contributed by atoms with Gasteiger partial charge in [0, 0.05) is 45.6 Å². The predicted molar refractivity (Wildman–Crippen MR) is 131 cm³/mol. The number of benzene rings is 1. The Balaban J connectivity index is 0.00000341. The van der Waals surface area contributed by atoms with Crippen LogP contribution in [0.2, 0.25) is 0 Å². The van der Waals surface area contributed by atoms with Crippen molar-refractivity contribution in [2.75, 3.05) is 47.1 Å². The molecule has 10 heteroatoms. The van der Waals surface area contributed by atoms with Crippen LogP contribution in [0.4, 0.5) is 0 Å². The quantitative estimate of drug-likeness (QED) is 0.183. The number of halogens is 1. The van der Waals surface area contributed by atoms with Crippen LogP contribution < -0.4 is 15.4 Å². The van der Waals surface area contributed by atoms with Gasteiger partial charge in [-0.05, 0) is 49.4 Å². The van der Waals surface area contributed by atoms with Gasteiger partial charge in [0.1, 0.15) is 11.6 Å². The topological polar surface area (TPSA) is 106 Å². The van der Waals surface area contributed by atoms with E-state index < -0.39 is 0 Å². The molecule has 3 N–H and O–H groups in total. The number of hydrogen-bond acceptors (Lipinski definition) is 6. The number of guanidine groups is 1. The normalized spacial score (nSPS) is 14.7. The van der Waals surface area contributed by atoms with Crippen LogP contribution in [-0.2, 0) is 16.0 Å². The van der Waals surface area contributed by atoms with Gasteiger partial charge in [0.15, 0.2) is 11.8 Å². The van der Waals surface area contributed by atoms with E-state index >= 15 is 0 Å². The maximum absolute atomic E-state index is 5.79. The molecule has 0 spiro atoms. The molecule has 1 fully saturated rings. The summed E-state index contributed by atoms with van der Waals surface area (Å²) in [5.41, 5.74) is 0.932. The number of rotatable bonds is 10. The molecule has 2 aromatic rings. The summed E-state index contributed by atoms with van der Waals surface area (Å²) < 4.78 is 16.3. The number of ether oxygens (including phenoxy) is 3. The van der Waals surface area contributed by atoms with Crippen molar-refractivity contribution in [2.24, 2.45) is 10.9 Å². The molecule has 2 heterocycles. The zero-order valence-electron chi connectivity index (χ0n) is 18.2. The van der Waals surface area contributed by atoms with Crippen LogP contribution in [-0.4, -0.2) is 68.3 Å². The highest BCUT2D eigenvalue weighted by molar-refractivity contribution is 14.0. The molecule has 1 aromatic heterocycles. The number of H-pyrrole nitrogens is 1. The van der Waals surface area contributed by atoms with Gasteiger partial charge in [0.2, 0.25) is 0 Å². The molecule has 3 rings (SSSR count). The molecule has 0 atom stereocenters. The number of aromatic nitrogens is 3. The second-order valence-corrected chi connectivity index (χ2v) is 7.17. The molecule has 0 saturated carbocycles. The number of aliphatic imine (C=N–C) groups is 1. The van der Waals surface area contributed by atoms with Crippen LogP contribution in [0.25, 0.3) is 11.4 Å². The van der Waals surface area contributed by atoms with Crippen LogP contribution >= 0.6 is 24.0 Å². The number of nitrogens with one attached hydrogen (secondary N) is 3. The molecule has 0 radical (unpaired) electrons. The van der Waals surface area contributed by atoms with Gasteiger partial charge in [0.25, 0.3) is 0 Å². The molecular weight excluding hydrogens is 511 g/mol. The lowest BCUT2D eigenvalue weighted by molar-refractivity contribution is 0.0203. The number of aromatic amines is 1. The fraction of sp³-hybridized carbons (Fsp3) is 0.571. The van der Waals surface area contributed by atoms with E-state index in [9.17, 15) is 0 Å². The van der Waals surface area contributed by atoms with Crippen LogP contribution in [0, 0.1) is 5.92 Å². The third kappa shape index (κ3) is 8.62. The first kappa shape index (κ1) is 25.3. The first-order valence-electron chi connectivity index (χ1n) is 10.4. The highest BCUT2D eigenvalue weighted by Gasteiger charge is 2.13. The third-order valence-corrected chi connectivity index (χ3v) is 4.98. The van der Waals surface area contributed by atoms with Gasteiger partial charge in [-0.2, -0.15) is 5.10 Å². The molecule has 31 heavy (non-hydrogen) atoms. The van der Waals surface area contributed by atoms with E-state index in [1.54, 1.807) is 14.2 Å². The van der Waals surface area contributed by atoms with Crippen LogP contribution in [0.15, 0.2) is 29.3 Å². The first-order valence-corrected chi connectivity index (χ1v) is 10.4. The highest BCUT2D eigenvalue weighted by atomic mass is 127. The molecule has 0 amide bonds. The minimum atomic E-state index is 0. The van der Waals surface area contributed by atoms with E-state index in [0.717, 1.165) is 75.3 Å². The van der Waals surface area contributed by atoms with Crippen LogP contribution in [0.3, 0.4) is 0 Å². The van der Waals surface area contributed by atoms with Crippen molar-refractivity contribution in [3.05, 3.63) is 30.1 Å². The van der Waals surface area contributed by atoms with Crippen molar-refractivity contribution in [1.82, 2.24) is 25.8 Å². The second kappa shape index (κ2) is 14.2. The second-order valence-electron chi connectivity index (χ2n) is 7.17. The molecule has 0 aliphatic carbocycles. The zero-order valence-corrected chi connectivity index (χ0v) is 20.6. The van der Waals surface area contributed by atoms with Crippen LogP contribution in [0.5, 0.6) is 5.75 Å². The lowest BCUT2D eigenvalue weighted by Crippen LogP contribution is -2.37. The molecule has 172 valence electrons. The summed E-state index contributed by atoms with van der Waals surface area (Å²) in [6, 6.07) is 7.65. The van der Waals surface area contributed by atoms with Crippen molar-refractivity contribution in [3.8, 4) is 17.1 Å². The minimum Gasteiger partial charge on any atom is -0.497 e. The molecule has 0 unspecified atom stereocenters. The van der Waals surface area contributed by atoms with Gasteiger partial charge in [-0.3, -0.25) is 10.1 Å². The third-order valence-electron chi connectivity index (χ3n) is 4.98. The summed E-state index contributed by atoms with van der Waals surface area (Å²) in [5, 5.41) is 13.8. The van der Waals surface area contributed by atoms with E-state index in [4.69, 9.17) is 14.2 Å². The van der Waals surface area contributed by atoms with E-state index in [1.165, 1.54) is 0 Å². The van der Waals surface area contributed by atoms with E-state index in [2.05, 4.69) is 30.8 Å². The van der Waals surface area contributed by atoms with Crippen molar-refractivity contribution in [1.29, 1.82) is 0 Å². The van der Waals surface area contributed by atoms with Crippen molar-refractivity contribution < 1.29 is 14.2 Å². The molecule has 1 aromatic carbocycles. The minimum absolute atomic E-state index is 0. The van der Waals surface area contributed by atoms with Gasteiger partial charge in [-0.15, -0.1) is 24.0 Å². The predicted octanol–water partition coefficient (Wildman–Crippen LogP) is 2.60. The lowest BCUT2D eigenvalue weighted by Gasteiger charge is -2.21. The maximum Gasteiger partial charge on any atom is 0.191 e. The summed E-state index contributed by atoms with van der Waals surface area (Å²) in [4.78, 5) is 8.77. The van der Waals surface area contributed by atoms with E-state index in [1.807, 2.05) is 24.3 Å². The Morgan fingerprint density at radius 3 is 2.71 bits per heavy atom. The van der Waals surface area contributed by atoms with Gasteiger partial charge in [-0.1, -0.05) is 0 Å². The fourth-order valence-corrected chi connectivity index (χ4v) is 3.18. The summed E-state index contributed by atoms with van der Waals surface area (Å²) in [6.07, 6.45) is 3.14. The van der Waals surface area contributed by atoms with Gasteiger partial charge < -0.3 is 24.8 Å². The number of nitrogens with zero attached hydrogens (tertiary/aromatic N) is 3. The van der Waals surface area contributed by atoms with Crippen molar-refractivity contribution >= 4 is 29.9 Å². The van der Waals surface area contributed by atoms with E-state index in [-0.39, 0.29) is 24.0 Å². The SMILES string of the molecule is CN=C(NCCCOCC1CCOCC1)NCc1nc(-c2ccc(OC)cc2)n[nH]1.I. The molecular formula is C21H33IN6O3. The Morgan fingerprint density at radius 1 is 1.23 bits per heavy atom. The Labute approximate surface area is 200 Å². The lowest BCUT2D eigenvalue weighted by atomic mass is 10.0. The highest BCUT2D eigenvalue weighted by Crippen LogP contribution is 2.19. The van der Waals surface area contributed by atoms with Gasteiger partial charge in [-0.25, -0.2) is 4.98 Å². The monoisotopic (exact) mass is 544 g/mol. The fourth-order valence-electron chi connectivity index (χ4n) is 3.18. The van der Waals surface area contributed by atoms with Gasteiger partial charge in [0.05, 0.1) is 13.7 Å². The zero-order chi connectivity index (χ0) is 21.0. The molecule has 1 aliphatic heterocycles. The Kier molecular flexibility index (Phi) is 11.6. The standard InChI is InChI=1S/C21H32N6O3.HI/c1-22-21(23-10-3-11-30-15-16-8-12-29-13-9-16)24-14-19-25-20(27-26-19)17-4-6-18(28-2)7-5-17;/h4-7,16H,3,8-15H2,1-2H3,(H2,22,23,24)(H,25,26,27);1H. The molecule has 1 aliphatic rings.